The second-order valence-corrected chi connectivity index (χ2v) is 8.44. The molecule has 6 nitrogen and oxygen atoms in total. The van der Waals surface area contributed by atoms with Crippen molar-refractivity contribution in [3.8, 4) is 11.3 Å². The number of rotatable bonds is 2. The van der Waals surface area contributed by atoms with E-state index in [1.54, 1.807) is 0 Å². The third-order valence-electron chi connectivity index (χ3n) is 6.36. The summed E-state index contributed by atoms with van der Waals surface area (Å²) in [6, 6.07) is 8.02. The molecule has 3 aromatic rings. The summed E-state index contributed by atoms with van der Waals surface area (Å²) in [6.45, 7) is 5.37. The predicted molar refractivity (Wildman–Crippen MR) is 111 cm³/mol. The number of aryl methyl sites for hydroxylation is 1. The zero-order chi connectivity index (χ0) is 19.3. The summed E-state index contributed by atoms with van der Waals surface area (Å²) in [5, 5.41) is 0.714. The average Bonchev–Trinajstić information content (AvgIpc) is 3.30. The molecule has 2 aliphatic heterocycles. The Morgan fingerprint density at radius 2 is 2.11 bits per heavy atom. The van der Waals surface area contributed by atoms with Crippen LogP contribution in [0.3, 0.4) is 0 Å². The smallest absolute Gasteiger partial charge is 0.154 e. The standard InChI is InChI=1S/C21H24ClN5O/c1-14-19(15-3-2-4-16(22)9-15)27-13-24-10-17(27)20(25-14)26-7-5-21(6-8-26)12-28-11-18(21)23/h2-4,9-10,13,18H,5-8,11-12,23H2,1H3/t18-/m1/s1. The zero-order valence-electron chi connectivity index (χ0n) is 15.9. The lowest BCUT2D eigenvalue weighted by Crippen LogP contribution is -2.49. The van der Waals surface area contributed by atoms with E-state index in [9.17, 15) is 0 Å². The van der Waals surface area contributed by atoms with E-state index < -0.39 is 0 Å². The van der Waals surface area contributed by atoms with Crippen molar-refractivity contribution in [2.45, 2.75) is 25.8 Å². The van der Waals surface area contributed by atoms with Crippen molar-refractivity contribution in [2.75, 3.05) is 31.2 Å². The Kier molecular flexibility index (Phi) is 4.30. The summed E-state index contributed by atoms with van der Waals surface area (Å²) in [7, 11) is 0. The maximum atomic E-state index is 6.34. The second-order valence-electron chi connectivity index (χ2n) is 8.00. The number of nitrogens with zero attached hydrogens (tertiary/aromatic N) is 4. The van der Waals surface area contributed by atoms with E-state index in [1.165, 1.54) is 0 Å². The summed E-state index contributed by atoms with van der Waals surface area (Å²) in [5.74, 6) is 0.989. The van der Waals surface area contributed by atoms with E-state index in [0.29, 0.717) is 11.6 Å². The molecule has 0 radical (unpaired) electrons. The van der Waals surface area contributed by atoms with E-state index >= 15 is 0 Å². The fraction of sp³-hybridized carbons (Fsp3) is 0.429. The van der Waals surface area contributed by atoms with Crippen LogP contribution in [0.4, 0.5) is 5.82 Å². The number of imidazole rings is 1. The highest BCUT2D eigenvalue weighted by Gasteiger charge is 2.44. The van der Waals surface area contributed by atoms with Gasteiger partial charge < -0.3 is 15.4 Å². The van der Waals surface area contributed by atoms with Crippen LogP contribution in [0.2, 0.25) is 5.02 Å². The lowest BCUT2D eigenvalue weighted by molar-refractivity contribution is 0.132. The van der Waals surface area contributed by atoms with E-state index in [2.05, 4.69) is 20.4 Å². The maximum Gasteiger partial charge on any atom is 0.154 e. The molecule has 0 saturated carbocycles. The molecule has 2 aromatic heterocycles. The minimum Gasteiger partial charge on any atom is -0.379 e. The van der Waals surface area contributed by atoms with Gasteiger partial charge in [0.2, 0.25) is 0 Å². The van der Waals surface area contributed by atoms with E-state index in [0.717, 1.165) is 60.8 Å². The largest absolute Gasteiger partial charge is 0.379 e. The first kappa shape index (κ1) is 17.9. The lowest BCUT2D eigenvalue weighted by Gasteiger charge is -2.41. The number of hydrogen-bond donors (Lipinski definition) is 1. The van der Waals surface area contributed by atoms with Crippen LogP contribution in [0.1, 0.15) is 18.5 Å². The Bertz CT molecular complexity index is 1020. The molecule has 0 amide bonds. The SMILES string of the molecule is Cc1nc(N2CCC3(CC2)COC[C@H]3N)c2cncn2c1-c1cccc(Cl)c1. The molecule has 2 saturated heterocycles. The van der Waals surface area contributed by atoms with E-state index in [-0.39, 0.29) is 11.5 Å². The molecule has 0 aliphatic carbocycles. The summed E-state index contributed by atoms with van der Waals surface area (Å²) >= 11 is 6.22. The van der Waals surface area contributed by atoms with Gasteiger partial charge in [-0.3, -0.25) is 4.40 Å². The van der Waals surface area contributed by atoms with Crippen molar-refractivity contribution in [1.82, 2.24) is 14.4 Å². The molecule has 2 aliphatic rings. The van der Waals surface area contributed by atoms with Crippen molar-refractivity contribution in [3.05, 3.63) is 47.5 Å². The van der Waals surface area contributed by atoms with Gasteiger partial charge in [-0.25, -0.2) is 9.97 Å². The predicted octanol–water partition coefficient (Wildman–Crippen LogP) is 3.30. The molecule has 1 aromatic carbocycles. The number of nitrogens with two attached hydrogens (primary N) is 1. The van der Waals surface area contributed by atoms with Gasteiger partial charge in [0.05, 0.1) is 37.1 Å². The van der Waals surface area contributed by atoms with Gasteiger partial charge in [-0.15, -0.1) is 0 Å². The quantitative estimate of drug-likeness (QED) is 0.718. The molecule has 0 bridgehead atoms. The highest BCUT2D eigenvalue weighted by Crippen LogP contribution is 2.40. The Balaban J connectivity index is 1.52. The Hall–Kier alpha value is -2.15. The van der Waals surface area contributed by atoms with Gasteiger partial charge in [0.1, 0.15) is 5.52 Å². The lowest BCUT2D eigenvalue weighted by atomic mass is 9.75. The van der Waals surface area contributed by atoms with Gasteiger partial charge in [-0.05, 0) is 31.9 Å². The van der Waals surface area contributed by atoms with Gasteiger partial charge in [0, 0.05) is 35.1 Å². The molecule has 2 N–H and O–H groups in total. The van der Waals surface area contributed by atoms with Crippen molar-refractivity contribution in [2.24, 2.45) is 11.1 Å². The third kappa shape index (κ3) is 2.79. The van der Waals surface area contributed by atoms with Crippen molar-refractivity contribution >= 4 is 22.9 Å². The average molecular weight is 398 g/mol. The molecule has 146 valence electrons. The Labute approximate surface area is 169 Å². The molecule has 0 unspecified atom stereocenters. The fourth-order valence-electron chi connectivity index (χ4n) is 4.65. The molecular weight excluding hydrogens is 374 g/mol. The number of aromatic nitrogens is 3. The number of benzene rings is 1. The van der Waals surface area contributed by atoms with Gasteiger partial charge in [0.25, 0.3) is 0 Å². The van der Waals surface area contributed by atoms with E-state index in [4.69, 9.17) is 27.1 Å². The molecular formula is C21H24ClN5O. The van der Waals surface area contributed by atoms with Crippen LogP contribution >= 0.6 is 11.6 Å². The molecule has 7 heteroatoms. The monoisotopic (exact) mass is 397 g/mol. The number of halogens is 1. The van der Waals surface area contributed by atoms with Gasteiger partial charge in [-0.1, -0.05) is 23.7 Å². The number of anilines is 1. The summed E-state index contributed by atoms with van der Waals surface area (Å²) in [5.41, 5.74) is 10.5. The highest BCUT2D eigenvalue weighted by molar-refractivity contribution is 6.30. The van der Waals surface area contributed by atoms with Crippen LogP contribution < -0.4 is 10.6 Å². The van der Waals surface area contributed by atoms with Crippen molar-refractivity contribution < 1.29 is 4.74 Å². The van der Waals surface area contributed by atoms with Crippen molar-refractivity contribution in [1.29, 1.82) is 0 Å². The number of ether oxygens (including phenoxy) is 1. The van der Waals surface area contributed by atoms with Crippen LogP contribution in [0.15, 0.2) is 36.8 Å². The molecule has 5 rings (SSSR count). The number of piperidine rings is 1. The van der Waals surface area contributed by atoms with Gasteiger partial charge in [-0.2, -0.15) is 0 Å². The normalized spacial score (nSPS) is 21.7. The minimum absolute atomic E-state index is 0.128. The number of hydrogen-bond acceptors (Lipinski definition) is 5. The first-order chi connectivity index (χ1) is 13.6. The molecule has 4 heterocycles. The zero-order valence-corrected chi connectivity index (χ0v) is 16.7. The van der Waals surface area contributed by atoms with E-state index in [1.807, 2.05) is 37.6 Å². The Morgan fingerprint density at radius 1 is 1.29 bits per heavy atom. The Morgan fingerprint density at radius 3 is 2.82 bits per heavy atom. The summed E-state index contributed by atoms with van der Waals surface area (Å²) in [6.07, 6.45) is 5.82. The fourth-order valence-corrected chi connectivity index (χ4v) is 4.84. The molecule has 1 spiro atoms. The summed E-state index contributed by atoms with van der Waals surface area (Å²) in [4.78, 5) is 11.8. The molecule has 2 fully saturated rings. The first-order valence-electron chi connectivity index (χ1n) is 9.74. The maximum absolute atomic E-state index is 6.34. The van der Waals surface area contributed by atoms with Crippen LogP contribution in [0.25, 0.3) is 16.8 Å². The first-order valence-corrected chi connectivity index (χ1v) is 10.1. The third-order valence-corrected chi connectivity index (χ3v) is 6.59. The second kappa shape index (κ2) is 6.72. The van der Waals surface area contributed by atoms with Crippen LogP contribution in [-0.2, 0) is 4.74 Å². The van der Waals surface area contributed by atoms with Crippen LogP contribution in [0, 0.1) is 12.3 Å². The van der Waals surface area contributed by atoms with Gasteiger partial charge in [0.15, 0.2) is 5.82 Å². The number of fused-ring (bicyclic) bond motifs is 1. The minimum atomic E-state index is 0.128. The van der Waals surface area contributed by atoms with Crippen molar-refractivity contribution in [3.63, 3.8) is 0 Å². The van der Waals surface area contributed by atoms with Crippen LogP contribution in [0.5, 0.6) is 0 Å². The molecule has 1 atom stereocenters. The highest BCUT2D eigenvalue weighted by atomic mass is 35.5. The van der Waals surface area contributed by atoms with Crippen LogP contribution in [-0.4, -0.2) is 46.7 Å². The van der Waals surface area contributed by atoms with Gasteiger partial charge >= 0.3 is 0 Å². The molecule has 28 heavy (non-hydrogen) atoms. The topological polar surface area (TPSA) is 68.7 Å². The summed E-state index contributed by atoms with van der Waals surface area (Å²) < 4.78 is 7.78.